The maximum Gasteiger partial charge on any atom is 0.0155 e. The first-order chi connectivity index (χ1) is 8.59. The number of rotatable bonds is 0. The van der Waals surface area contributed by atoms with Gasteiger partial charge in [-0.25, -0.2) is 0 Å². The van der Waals surface area contributed by atoms with E-state index in [4.69, 9.17) is 0 Å². The standard InChI is InChI=1S/C18H20/c1-9-11(3)17-13(9)5-7-15(17)18-12(4)10(2)14(18)6-8-16(17)18/h5-8,13-16H,1-4H3/t13-,14-,15?,16?,17?,18?/m0/s1. The van der Waals surface area contributed by atoms with Crippen LogP contribution in [-0.2, 0) is 0 Å². The molecule has 0 unspecified atom stereocenters. The summed E-state index contributed by atoms with van der Waals surface area (Å²) in [6, 6.07) is 0. The molecule has 0 amide bonds. The van der Waals surface area contributed by atoms with Gasteiger partial charge in [-0.2, -0.15) is 0 Å². The van der Waals surface area contributed by atoms with Gasteiger partial charge in [0.1, 0.15) is 0 Å². The topological polar surface area (TPSA) is 0 Å². The lowest BCUT2D eigenvalue weighted by Gasteiger charge is -2.75. The third-order valence-corrected chi connectivity index (χ3v) is 7.49. The first-order valence-corrected chi connectivity index (χ1v) is 7.31. The molecule has 2 spiro atoms. The quantitative estimate of drug-likeness (QED) is 0.551. The predicted octanol–water partition coefficient (Wildman–Crippen LogP) is 4.28. The number of allylic oxidation sites excluding steroid dienone is 8. The highest BCUT2D eigenvalue weighted by atomic mass is 14.8. The van der Waals surface area contributed by atoms with Crippen molar-refractivity contribution in [2.45, 2.75) is 27.7 Å². The van der Waals surface area contributed by atoms with E-state index in [1.54, 1.807) is 22.3 Å². The molecule has 0 heteroatoms. The van der Waals surface area contributed by atoms with E-state index in [0.29, 0.717) is 10.8 Å². The van der Waals surface area contributed by atoms with Crippen molar-refractivity contribution in [1.29, 1.82) is 0 Å². The molecule has 0 heterocycles. The molecule has 0 nitrogen and oxygen atoms in total. The molecule has 1 saturated carbocycles. The minimum atomic E-state index is 0.511. The van der Waals surface area contributed by atoms with Crippen molar-refractivity contribution in [2.24, 2.45) is 34.5 Å². The summed E-state index contributed by atoms with van der Waals surface area (Å²) in [6.07, 6.45) is 10.2. The summed E-state index contributed by atoms with van der Waals surface area (Å²) < 4.78 is 0. The zero-order valence-electron chi connectivity index (χ0n) is 11.6. The fourth-order valence-corrected chi connectivity index (χ4v) is 6.65. The Hall–Kier alpha value is -1.04. The summed E-state index contributed by atoms with van der Waals surface area (Å²) >= 11 is 0. The van der Waals surface area contributed by atoms with Crippen molar-refractivity contribution in [3.63, 3.8) is 0 Å². The molecule has 5 rings (SSSR count). The Kier molecular flexibility index (Phi) is 1.29. The first-order valence-electron chi connectivity index (χ1n) is 7.31. The molecular weight excluding hydrogens is 216 g/mol. The van der Waals surface area contributed by atoms with Gasteiger partial charge in [-0.1, -0.05) is 46.6 Å². The highest BCUT2D eigenvalue weighted by Gasteiger charge is 2.81. The SMILES string of the molecule is CC1=C(C)C23C(C=C[C@@H]12)C12C(C)=C(C)[C@@H]1C=CC32. The van der Waals surface area contributed by atoms with Crippen molar-refractivity contribution in [1.82, 2.24) is 0 Å². The molecule has 0 radical (unpaired) electrons. The van der Waals surface area contributed by atoms with Gasteiger partial charge in [-0.15, -0.1) is 0 Å². The van der Waals surface area contributed by atoms with Crippen LogP contribution in [0.4, 0.5) is 0 Å². The van der Waals surface area contributed by atoms with Gasteiger partial charge in [0.25, 0.3) is 0 Å². The van der Waals surface area contributed by atoms with Crippen molar-refractivity contribution in [3.05, 3.63) is 46.6 Å². The molecule has 18 heavy (non-hydrogen) atoms. The molecule has 0 aliphatic heterocycles. The van der Waals surface area contributed by atoms with Gasteiger partial charge in [-0.3, -0.25) is 0 Å². The van der Waals surface area contributed by atoms with Crippen molar-refractivity contribution < 1.29 is 0 Å². The van der Waals surface area contributed by atoms with Crippen molar-refractivity contribution >= 4 is 0 Å². The Labute approximate surface area is 109 Å². The van der Waals surface area contributed by atoms with E-state index in [0.717, 1.165) is 23.7 Å². The van der Waals surface area contributed by atoms with E-state index in [-0.39, 0.29) is 0 Å². The maximum atomic E-state index is 2.57. The van der Waals surface area contributed by atoms with Crippen LogP contribution in [-0.4, -0.2) is 0 Å². The lowest BCUT2D eigenvalue weighted by molar-refractivity contribution is -0.149. The summed E-state index contributed by atoms with van der Waals surface area (Å²) in [7, 11) is 0. The van der Waals surface area contributed by atoms with E-state index < -0.39 is 0 Å². The molecular formula is C18H20. The van der Waals surface area contributed by atoms with Crippen LogP contribution in [0.15, 0.2) is 46.6 Å². The van der Waals surface area contributed by atoms with Crippen LogP contribution in [0, 0.1) is 34.5 Å². The second-order valence-electron chi connectivity index (χ2n) is 7.16. The van der Waals surface area contributed by atoms with Crippen LogP contribution in [0.2, 0.25) is 0 Å². The minimum absolute atomic E-state index is 0.511. The van der Waals surface area contributed by atoms with Gasteiger partial charge in [-0.05, 0) is 39.5 Å². The number of hydrogen-bond acceptors (Lipinski definition) is 0. The highest BCUT2D eigenvalue weighted by molar-refractivity contribution is 5.63. The molecule has 5 aliphatic rings. The number of hydrogen-bond donors (Lipinski definition) is 0. The molecule has 0 aromatic heterocycles. The van der Waals surface area contributed by atoms with E-state index in [1.165, 1.54) is 0 Å². The van der Waals surface area contributed by atoms with Crippen LogP contribution in [0.3, 0.4) is 0 Å². The molecule has 5 aliphatic carbocycles. The average molecular weight is 236 g/mol. The Bertz CT molecular complexity index is 558. The summed E-state index contributed by atoms with van der Waals surface area (Å²) in [6.45, 7) is 9.47. The van der Waals surface area contributed by atoms with Crippen LogP contribution < -0.4 is 0 Å². The Morgan fingerprint density at radius 2 is 1.06 bits per heavy atom. The summed E-state index contributed by atoms with van der Waals surface area (Å²) in [5.41, 5.74) is 7.74. The van der Waals surface area contributed by atoms with E-state index in [1.807, 2.05) is 0 Å². The van der Waals surface area contributed by atoms with Crippen LogP contribution in [0.25, 0.3) is 0 Å². The van der Waals surface area contributed by atoms with E-state index >= 15 is 0 Å². The molecule has 1 fully saturated rings. The average Bonchev–Trinajstić information content (AvgIpc) is 2.84. The largest absolute Gasteiger partial charge is 0.0829 e. The normalized spacial score (nSPS) is 57.6. The predicted molar refractivity (Wildman–Crippen MR) is 73.9 cm³/mol. The van der Waals surface area contributed by atoms with Gasteiger partial charge in [0.05, 0.1) is 0 Å². The zero-order valence-corrected chi connectivity index (χ0v) is 11.6. The third-order valence-electron chi connectivity index (χ3n) is 7.49. The Balaban J connectivity index is 1.75. The van der Waals surface area contributed by atoms with Crippen molar-refractivity contribution in [2.75, 3.05) is 0 Å². The molecule has 0 bridgehead atoms. The second-order valence-corrected chi connectivity index (χ2v) is 7.16. The van der Waals surface area contributed by atoms with Crippen LogP contribution in [0.5, 0.6) is 0 Å². The first kappa shape index (κ1) is 9.83. The minimum Gasteiger partial charge on any atom is -0.0829 e. The third kappa shape index (κ3) is 0.548. The lowest BCUT2D eigenvalue weighted by atomic mass is 9.27. The van der Waals surface area contributed by atoms with Gasteiger partial charge >= 0.3 is 0 Å². The Morgan fingerprint density at radius 1 is 0.667 bits per heavy atom. The molecule has 0 aromatic rings. The van der Waals surface area contributed by atoms with Crippen LogP contribution >= 0.6 is 0 Å². The van der Waals surface area contributed by atoms with Crippen molar-refractivity contribution in [3.8, 4) is 0 Å². The smallest absolute Gasteiger partial charge is 0.0155 e. The highest BCUT2D eigenvalue weighted by Crippen LogP contribution is 2.87. The van der Waals surface area contributed by atoms with Gasteiger partial charge in [0.2, 0.25) is 0 Å². The zero-order chi connectivity index (χ0) is 12.4. The Morgan fingerprint density at radius 3 is 1.44 bits per heavy atom. The molecule has 2 atom stereocenters. The van der Waals surface area contributed by atoms with E-state index in [9.17, 15) is 0 Å². The monoisotopic (exact) mass is 236 g/mol. The lowest BCUT2D eigenvalue weighted by Crippen LogP contribution is -2.71. The molecule has 0 saturated heterocycles. The molecule has 92 valence electrons. The maximum absolute atomic E-state index is 2.57. The van der Waals surface area contributed by atoms with Gasteiger partial charge in [0.15, 0.2) is 0 Å². The van der Waals surface area contributed by atoms with Gasteiger partial charge < -0.3 is 0 Å². The fourth-order valence-electron chi connectivity index (χ4n) is 6.65. The van der Waals surface area contributed by atoms with E-state index in [2.05, 4.69) is 52.0 Å². The summed E-state index contributed by atoms with van der Waals surface area (Å²) in [4.78, 5) is 0. The van der Waals surface area contributed by atoms with Gasteiger partial charge in [0, 0.05) is 22.7 Å². The molecule has 0 N–H and O–H groups in total. The summed E-state index contributed by atoms with van der Waals surface area (Å²) in [5, 5.41) is 0. The van der Waals surface area contributed by atoms with Crippen LogP contribution in [0.1, 0.15) is 27.7 Å². The molecule has 0 aromatic carbocycles. The fraction of sp³-hybridized carbons (Fsp3) is 0.556. The summed E-state index contributed by atoms with van der Waals surface area (Å²) in [5.74, 6) is 3.12. The second kappa shape index (κ2) is 2.35.